The lowest BCUT2D eigenvalue weighted by Crippen LogP contribution is -2.21. The Bertz CT molecular complexity index is 1110. The van der Waals surface area contributed by atoms with Crippen LogP contribution in [0.4, 0.5) is 0 Å². The number of aryl methyl sites for hydroxylation is 1. The molecule has 6 heteroatoms. The van der Waals surface area contributed by atoms with Crippen LogP contribution in [-0.4, -0.2) is 22.1 Å². The second-order valence-corrected chi connectivity index (χ2v) is 5.90. The highest BCUT2D eigenvalue weighted by Gasteiger charge is 2.13. The molecule has 0 bridgehead atoms. The maximum Gasteiger partial charge on any atom is 0.374 e. The first-order valence-corrected chi connectivity index (χ1v) is 8.32. The Balaban J connectivity index is 1.37. The second-order valence-electron chi connectivity index (χ2n) is 5.90. The number of hydrogen-bond donors (Lipinski definition) is 0. The number of aromatic nitrogens is 2. The molecular formula is C20H16N2O4. The van der Waals surface area contributed by atoms with Gasteiger partial charge in [0.2, 0.25) is 5.76 Å². The number of para-hydroxylation sites is 2. The zero-order valence-corrected chi connectivity index (χ0v) is 13.9. The summed E-state index contributed by atoms with van der Waals surface area (Å²) in [6, 6.07) is 16.3. The first-order chi connectivity index (χ1) is 12.7. The van der Waals surface area contributed by atoms with Crippen molar-refractivity contribution in [3.8, 4) is 0 Å². The minimum atomic E-state index is -0.509. The standard InChI is InChI=1S/C20H16N2O4/c23-19-15-7-2-3-8-16(15)21-13-22(19)10-5-11-25-20(24)18-12-14-6-1-4-9-17(14)26-18/h1-4,6-9,12-13H,5,10-11H2. The van der Waals surface area contributed by atoms with Crippen LogP contribution in [0.25, 0.3) is 21.9 Å². The molecule has 4 aromatic rings. The van der Waals surface area contributed by atoms with Crippen molar-refractivity contribution in [3.63, 3.8) is 0 Å². The van der Waals surface area contributed by atoms with E-state index >= 15 is 0 Å². The molecule has 0 fully saturated rings. The molecule has 0 aliphatic heterocycles. The maximum atomic E-state index is 12.4. The highest BCUT2D eigenvalue weighted by molar-refractivity contribution is 5.92. The van der Waals surface area contributed by atoms with E-state index in [9.17, 15) is 9.59 Å². The predicted octanol–water partition coefficient (Wildman–Crippen LogP) is 3.39. The summed E-state index contributed by atoms with van der Waals surface area (Å²) >= 11 is 0. The fourth-order valence-electron chi connectivity index (χ4n) is 2.82. The van der Waals surface area contributed by atoms with Crippen molar-refractivity contribution in [2.24, 2.45) is 0 Å². The van der Waals surface area contributed by atoms with Gasteiger partial charge >= 0.3 is 5.97 Å². The monoisotopic (exact) mass is 348 g/mol. The summed E-state index contributed by atoms with van der Waals surface area (Å²) in [5, 5.41) is 1.43. The van der Waals surface area contributed by atoms with Crippen LogP contribution in [0.1, 0.15) is 17.0 Å². The molecular weight excluding hydrogens is 332 g/mol. The number of ether oxygens (including phenoxy) is 1. The van der Waals surface area contributed by atoms with E-state index in [1.165, 1.54) is 10.9 Å². The van der Waals surface area contributed by atoms with Crippen LogP contribution in [0.15, 0.2) is 70.1 Å². The van der Waals surface area contributed by atoms with Gasteiger partial charge in [-0.1, -0.05) is 30.3 Å². The lowest BCUT2D eigenvalue weighted by atomic mass is 10.2. The molecule has 0 spiro atoms. The van der Waals surface area contributed by atoms with Gasteiger partial charge in [-0.05, 0) is 30.7 Å². The van der Waals surface area contributed by atoms with Crippen LogP contribution < -0.4 is 5.56 Å². The number of rotatable bonds is 5. The lowest BCUT2D eigenvalue weighted by molar-refractivity contribution is 0.0462. The van der Waals surface area contributed by atoms with Crippen LogP contribution in [0, 0.1) is 0 Å². The summed E-state index contributed by atoms with van der Waals surface area (Å²) in [4.78, 5) is 28.7. The van der Waals surface area contributed by atoms with Crippen LogP contribution in [0.3, 0.4) is 0 Å². The Morgan fingerprint density at radius 3 is 2.81 bits per heavy atom. The second kappa shape index (κ2) is 6.84. The van der Waals surface area contributed by atoms with Crippen LogP contribution >= 0.6 is 0 Å². The summed E-state index contributed by atoms with van der Waals surface area (Å²) in [6.45, 7) is 0.610. The summed E-state index contributed by atoms with van der Waals surface area (Å²) in [5.74, 6) is -0.332. The van der Waals surface area contributed by atoms with Crippen molar-refractivity contribution < 1.29 is 13.9 Å². The van der Waals surface area contributed by atoms with Crippen LogP contribution in [0.5, 0.6) is 0 Å². The van der Waals surface area contributed by atoms with E-state index in [2.05, 4.69) is 4.98 Å². The van der Waals surface area contributed by atoms with Crippen molar-refractivity contribution in [1.29, 1.82) is 0 Å². The summed E-state index contributed by atoms with van der Waals surface area (Å²) in [7, 11) is 0. The molecule has 0 aliphatic carbocycles. The van der Waals surface area contributed by atoms with Gasteiger partial charge in [-0.25, -0.2) is 9.78 Å². The van der Waals surface area contributed by atoms with Crippen LogP contribution in [0.2, 0.25) is 0 Å². The topological polar surface area (TPSA) is 74.3 Å². The van der Waals surface area contributed by atoms with Crippen molar-refractivity contribution in [3.05, 3.63) is 77.0 Å². The number of esters is 1. The number of hydrogen-bond acceptors (Lipinski definition) is 5. The van der Waals surface area contributed by atoms with Gasteiger partial charge in [-0.3, -0.25) is 9.36 Å². The van der Waals surface area contributed by atoms with Gasteiger partial charge in [-0.15, -0.1) is 0 Å². The van der Waals surface area contributed by atoms with Gasteiger partial charge in [0.25, 0.3) is 5.56 Å². The van der Waals surface area contributed by atoms with Gasteiger partial charge in [-0.2, -0.15) is 0 Å². The number of furan rings is 1. The summed E-state index contributed by atoms with van der Waals surface area (Å²) < 4.78 is 12.2. The Labute approximate surface area is 148 Å². The van der Waals surface area contributed by atoms with E-state index in [4.69, 9.17) is 9.15 Å². The Kier molecular flexibility index (Phi) is 4.23. The molecule has 0 radical (unpaired) electrons. The molecule has 130 valence electrons. The lowest BCUT2D eigenvalue weighted by Gasteiger charge is -2.07. The summed E-state index contributed by atoms with van der Waals surface area (Å²) in [6.07, 6.45) is 2.03. The molecule has 6 nitrogen and oxygen atoms in total. The van der Waals surface area contributed by atoms with Gasteiger partial charge in [0, 0.05) is 11.9 Å². The van der Waals surface area contributed by atoms with E-state index in [0.29, 0.717) is 29.5 Å². The highest BCUT2D eigenvalue weighted by atomic mass is 16.5. The zero-order chi connectivity index (χ0) is 17.9. The molecule has 4 rings (SSSR count). The van der Waals surface area contributed by atoms with Gasteiger partial charge < -0.3 is 9.15 Å². The number of carbonyl (C=O) groups excluding carboxylic acids is 1. The third-order valence-electron chi connectivity index (χ3n) is 4.13. The van der Waals surface area contributed by atoms with E-state index in [0.717, 1.165) is 5.39 Å². The Hall–Kier alpha value is -3.41. The molecule has 0 amide bonds. The minimum Gasteiger partial charge on any atom is -0.460 e. The molecule has 2 heterocycles. The van der Waals surface area contributed by atoms with E-state index in [1.807, 2.05) is 30.3 Å². The molecule has 0 atom stereocenters. The Morgan fingerprint density at radius 2 is 1.92 bits per heavy atom. The van der Waals surface area contributed by atoms with Crippen molar-refractivity contribution >= 4 is 27.8 Å². The average Bonchev–Trinajstić information content (AvgIpc) is 3.11. The smallest absolute Gasteiger partial charge is 0.374 e. The van der Waals surface area contributed by atoms with Crippen molar-refractivity contribution in [2.45, 2.75) is 13.0 Å². The van der Waals surface area contributed by atoms with E-state index in [-0.39, 0.29) is 17.9 Å². The molecule has 0 saturated carbocycles. The molecule has 2 aromatic heterocycles. The number of nitrogens with zero attached hydrogens (tertiary/aromatic N) is 2. The third kappa shape index (κ3) is 3.09. The fourth-order valence-corrected chi connectivity index (χ4v) is 2.82. The van der Waals surface area contributed by atoms with Gasteiger partial charge in [0.05, 0.1) is 23.8 Å². The number of carbonyl (C=O) groups is 1. The largest absolute Gasteiger partial charge is 0.460 e. The molecule has 0 saturated heterocycles. The first-order valence-electron chi connectivity index (χ1n) is 8.32. The normalized spacial score (nSPS) is 11.1. The molecule has 0 unspecified atom stereocenters. The van der Waals surface area contributed by atoms with E-state index in [1.54, 1.807) is 24.3 Å². The summed E-state index contributed by atoms with van der Waals surface area (Å²) in [5.41, 5.74) is 1.22. The zero-order valence-electron chi connectivity index (χ0n) is 13.9. The molecule has 2 aromatic carbocycles. The van der Waals surface area contributed by atoms with Crippen LogP contribution in [-0.2, 0) is 11.3 Å². The maximum absolute atomic E-state index is 12.4. The van der Waals surface area contributed by atoms with Crippen molar-refractivity contribution in [2.75, 3.05) is 6.61 Å². The van der Waals surface area contributed by atoms with Gasteiger partial charge in [0.15, 0.2) is 0 Å². The van der Waals surface area contributed by atoms with Crippen molar-refractivity contribution in [1.82, 2.24) is 9.55 Å². The first kappa shape index (κ1) is 16.1. The van der Waals surface area contributed by atoms with E-state index < -0.39 is 5.97 Å². The number of benzene rings is 2. The third-order valence-corrected chi connectivity index (χ3v) is 4.13. The van der Waals surface area contributed by atoms with Gasteiger partial charge in [0.1, 0.15) is 5.58 Å². The minimum absolute atomic E-state index is 0.0980. The Morgan fingerprint density at radius 1 is 1.12 bits per heavy atom. The molecule has 0 N–H and O–H groups in total. The molecule has 0 aliphatic rings. The molecule has 26 heavy (non-hydrogen) atoms. The quantitative estimate of drug-likeness (QED) is 0.408. The number of fused-ring (bicyclic) bond motifs is 2. The predicted molar refractivity (Wildman–Crippen MR) is 97.1 cm³/mol. The highest BCUT2D eigenvalue weighted by Crippen LogP contribution is 2.19. The SMILES string of the molecule is O=C(OCCCn1cnc2ccccc2c1=O)c1cc2ccccc2o1. The fraction of sp³-hybridized carbons (Fsp3) is 0.150. The average molecular weight is 348 g/mol.